The highest BCUT2D eigenvalue weighted by Crippen LogP contribution is 2.30. The molecule has 2 unspecified atom stereocenters. The first-order chi connectivity index (χ1) is 6.54. The van der Waals surface area contributed by atoms with Crippen molar-refractivity contribution in [3.63, 3.8) is 0 Å². The van der Waals surface area contributed by atoms with Crippen molar-refractivity contribution in [2.45, 2.75) is 32.8 Å². The summed E-state index contributed by atoms with van der Waals surface area (Å²) < 4.78 is 0.861. The van der Waals surface area contributed by atoms with Crippen LogP contribution in [-0.4, -0.2) is 21.2 Å². The number of aliphatic hydroxyl groups is 1. The highest BCUT2D eigenvalue weighted by atomic mass is 79.9. The van der Waals surface area contributed by atoms with Crippen LogP contribution in [0.3, 0.4) is 0 Å². The van der Waals surface area contributed by atoms with Gasteiger partial charge in [0.15, 0.2) is 0 Å². The maximum absolute atomic E-state index is 9.68. The monoisotopic (exact) mass is 258 g/mol. The molecule has 1 heterocycles. The lowest BCUT2D eigenvalue weighted by Gasteiger charge is -2.23. The van der Waals surface area contributed by atoms with E-state index in [9.17, 15) is 5.11 Å². The molecule has 0 saturated heterocycles. The van der Waals surface area contributed by atoms with E-state index in [1.165, 1.54) is 6.33 Å². The molecule has 0 saturated carbocycles. The summed E-state index contributed by atoms with van der Waals surface area (Å²) in [4.78, 5) is 8.11. The Morgan fingerprint density at radius 2 is 2.00 bits per heavy atom. The maximum Gasteiger partial charge on any atom is 0.115 e. The molecule has 0 aliphatic carbocycles. The van der Waals surface area contributed by atoms with Gasteiger partial charge in [0.25, 0.3) is 0 Å². The molecule has 0 aromatic carbocycles. The van der Waals surface area contributed by atoms with Crippen molar-refractivity contribution in [3.05, 3.63) is 22.7 Å². The number of halogens is 1. The van der Waals surface area contributed by atoms with Crippen LogP contribution in [0.1, 0.15) is 32.4 Å². The van der Waals surface area contributed by atoms with Gasteiger partial charge in [-0.3, -0.25) is 0 Å². The maximum atomic E-state index is 9.68. The van der Waals surface area contributed by atoms with Crippen LogP contribution in [0, 0.1) is 5.92 Å². The first-order valence-electron chi connectivity index (χ1n) is 4.67. The van der Waals surface area contributed by atoms with Gasteiger partial charge in [-0.15, -0.1) is 0 Å². The van der Waals surface area contributed by atoms with E-state index in [2.05, 4.69) is 39.7 Å². The van der Waals surface area contributed by atoms with Crippen molar-refractivity contribution in [2.24, 2.45) is 5.92 Å². The van der Waals surface area contributed by atoms with E-state index in [1.54, 1.807) is 13.1 Å². The average Bonchev–Trinajstić information content (AvgIpc) is 2.07. The largest absolute Gasteiger partial charge is 0.393 e. The standard InChI is InChI=1S/C10H15BrN2O/c1-6(2)9(7(3)14)10-8(11)4-12-5-13-10/h4-7,9,14H,1-3H3. The predicted molar refractivity (Wildman–Crippen MR) is 59.0 cm³/mol. The van der Waals surface area contributed by atoms with Crippen LogP contribution in [0.4, 0.5) is 0 Å². The smallest absolute Gasteiger partial charge is 0.115 e. The predicted octanol–water partition coefficient (Wildman–Crippen LogP) is 2.36. The van der Waals surface area contributed by atoms with E-state index in [0.29, 0.717) is 5.92 Å². The van der Waals surface area contributed by atoms with Gasteiger partial charge < -0.3 is 5.11 Å². The van der Waals surface area contributed by atoms with Gasteiger partial charge in [0, 0.05) is 12.1 Å². The lowest BCUT2D eigenvalue weighted by molar-refractivity contribution is 0.137. The molecule has 1 rings (SSSR count). The van der Waals surface area contributed by atoms with Crippen LogP contribution in [-0.2, 0) is 0 Å². The first-order valence-corrected chi connectivity index (χ1v) is 5.46. The van der Waals surface area contributed by atoms with Gasteiger partial charge in [-0.05, 0) is 28.8 Å². The molecule has 1 N–H and O–H groups in total. The third kappa shape index (κ3) is 2.51. The first kappa shape index (κ1) is 11.6. The van der Waals surface area contributed by atoms with E-state index >= 15 is 0 Å². The van der Waals surface area contributed by atoms with E-state index < -0.39 is 6.10 Å². The number of aromatic nitrogens is 2. The molecule has 0 amide bonds. The molecular formula is C10H15BrN2O. The van der Waals surface area contributed by atoms with Crippen molar-refractivity contribution in [2.75, 3.05) is 0 Å². The fourth-order valence-corrected chi connectivity index (χ4v) is 2.15. The zero-order chi connectivity index (χ0) is 10.7. The molecule has 0 aliphatic heterocycles. The van der Waals surface area contributed by atoms with Crippen LogP contribution in [0.5, 0.6) is 0 Å². The summed E-state index contributed by atoms with van der Waals surface area (Å²) in [6, 6.07) is 0. The van der Waals surface area contributed by atoms with Gasteiger partial charge in [0.05, 0.1) is 16.3 Å². The fraction of sp³-hybridized carbons (Fsp3) is 0.600. The second-order valence-corrected chi connectivity index (χ2v) is 4.62. The van der Waals surface area contributed by atoms with Gasteiger partial charge in [-0.2, -0.15) is 0 Å². The molecule has 4 heteroatoms. The second kappa shape index (κ2) is 4.84. The molecular weight excluding hydrogens is 244 g/mol. The molecule has 1 aromatic rings. The van der Waals surface area contributed by atoms with Crippen molar-refractivity contribution >= 4 is 15.9 Å². The molecule has 78 valence electrons. The lowest BCUT2D eigenvalue weighted by atomic mass is 9.88. The average molecular weight is 259 g/mol. The zero-order valence-electron chi connectivity index (χ0n) is 8.61. The molecule has 0 bridgehead atoms. The third-order valence-corrected chi connectivity index (χ3v) is 2.86. The minimum absolute atomic E-state index is 0.0485. The van der Waals surface area contributed by atoms with Crippen molar-refractivity contribution in [3.8, 4) is 0 Å². The Labute approximate surface area is 92.7 Å². The summed E-state index contributed by atoms with van der Waals surface area (Å²) in [7, 11) is 0. The van der Waals surface area contributed by atoms with Crippen LogP contribution in [0.25, 0.3) is 0 Å². The quantitative estimate of drug-likeness (QED) is 0.906. The van der Waals surface area contributed by atoms with E-state index in [0.717, 1.165) is 10.2 Å². The second-order valence-electron chi connectivity index (χ2n) is 3.77. The Kier molecular flexibility index (Phi) is 4.01. The van der Waals surface area contributed by atoms with Crippen molar-refractivity contribution in [1.29, 1.82) is 0 Å². The molecule has 0 radical (unpaired) electrons. The van der Waals surface area contributed by atoms with Crippen molar-refractivity contribution in [1.82, 2.24) is 9.97 Å². The lowest BCUT2D eigenvalue weighted by Crippen LogP contribution is -2.21. The van der Waals surface area contributed by atoms with Crippen LogP contribution < -0.4 is 0 Å². The Morgan fingerprint density at radius 3 is 2.43 bits per heavy atom. The minimum atomic E-state index is -0.402. The van der Waals surface area contributed by atoms with Gasteiger partial charge in [0.2, 0.25) is 0 Å². The Morgan fingerprint density at radius 1 is 1.36 bits per heavy atom. The van der Waals surface area contributed by atoms with Crippen LogP contribution in [0.15, 0.2) is 17.0 Å². The van der Waals surface area contributed by atoms with Crippen LogP contribution >= 0.6 is 15.9 Å². The van der Waals surface area contributed by atoms with Gasteiger partial charge in [0.1, 0.15) is 6.33 Å². The highest BCUT2D eigenvalue weighted by Gasteiger charge is 2.24. The fourth-order valence-electron chi connectivity index (χ4n) is 1.67. The number of aliphatic hydroxyl groups excluding tert-OH is 1. The number of hydrogen-bond acceptors (Lipinski definition) is 3. The number of nitrogens with zero attached hydrogens (tertiary/aromatic N) is 2. The van der Waals surface area contributed by atoms with Crippen LogP contribution in [0.2, 0.25) is 0 Å². The molecule has 14 heavy (non-hydrogen) atoms. The molecule has 1 aromatic heterocycles. The molecule has 0 fully saturated rings. The summed E-state index contributed by atoms with van der Waals surface area (Å²) in [6.45, 7) is 5.94. The van der Waals surface area contributed by atoms with Gasteiger partial charge in [-0.25, -0.2) is 9.97 Å². The Bertz CT molecular complexity index is 294. The summed E-state index contributed by atoms with van der Waals surface area (Å²) in [5, 5.41) is 9.68. The zero-order valence-corrected chi connectivity index (χ0v) is 10.2. The third-order valence-electron chi connectivity index (χ3n) is 2.25. The molecule has 2 atom stereocenters. The molecule has 3 nitrogen and oxygen atoms in total. The summed E-state index contributed by atoms with van der Waals surface area (Å²) >= 11 is 3.40. The SMILES string of the molecule is CC(C)C(c1ncncc1Br)C(C)O. The number of rotatable bonds is 3. The Balaban J connectivity index is 3.05. The van der Waals surface area contributed by atoms with Gasteiger partial charge >= 0.3 is 0 Å². The normalized spacial score (nSPS) is 15.6. The summed E-state index contributed by atoms with van der Waals surface area (Å²) in [5.74, 6) is 0.397. The van der Waals surface area contributed by atoms with Gasteiger partial charge in [-0.1, -0.05) is 13.8 Å². The van der Waals surface area contributed by atoms with E-state index in [-0.39, 0.29) is 5.92 Å². The Hall–Kier alpha value is -0.480. The highest BCUT2D eigenvalue weighted by molar-refractivity contribution is 9.10. The number of hydrogen-bond donors (Lipinski definition) is 1. The molecule has 0 aliphatic rings. The minimum Gasteiger partial charge on any atom is -0.393 e. The van der Waals surface area contributed by atoms with Crippen molar-refractivity contribution < 1.29 is 5.11 Å². The summed E-state index contributed by atoms with van der Waals surface area (Å²) in [5.41, 5.74) is 0.880. The molecule has 0 spiro atoms. The van der Waals surface area contributed by atoms with E-state index in [1.807, 2.05) is 0 Å². The summed E-state index contributed by atoms with van der Waals surface area (Å²) in [6.07, 6.45) is 2.82. The topological polar surface area (TPSA) is 46.0 Å². The van der Waals surface area contributed by atoms with E-state index in [4.69, 9.17) is 0 Å².